The second-order valence-corrected chi connectivity index (χ2v) is 19.1. The van der Waals surface area contributed by atoms with Crippen LogP contribution in [0.3, 0.4) is 0 Å². The number of alkyl halides is 5. The van der Waals surface area contributed by atoms with Gasteiger partial charge in [-0.3, -0.25) is 9.59 Å². The zero-order valence-corrected chi connectivity index (χ0v) is 27.7. The third-order valence-corrected chi connectivity index (χ3v) is 10.3. The standard InChI is InChI=1S/C33H43F5N4O3Si/c1-21(40-28(43)13-16-33(36,37)38)23-9-10-26-27(19-23)42(20-45-17-18-46(2,3)4)31(41-26)29(22-11-14-32(34,35)15-12-22)24-7-5-6-8-25(24)30(39)44/h5-10,19,21-22,29H,11-18,20H2,1-4H3,(H2,39,44)(H,40,43)/t21-,29+/m1/s1. The summed E-state index contributed by atoms with van der Waals surface area (Å²) in [6.07, 6.45) is -6.45. The number of rotatable bonds is 13. The Bertz CT molecular complexity index is 1530. The molecule has 1 aliphatic carbocycles. The van der Waals surface area contributed by atoms with E-state index in [2.05, 4.69) is 25.0 Å². The van der Waals surface area contributed by atoms with Crippen LogP contribution in [0.4, 0.5) is 22.0 Å². The molecule has 46 heavy (non-hydrogen) atoms. The Balaban J connectivity index is 1.79. The van der Waals surface area contributed by atoms with Gasteiger partial charge in [0, 0.05) is 45.4 Å². The van der Waals surface area contributed by atoms with Crippen molar-refractivity contribution in [1.29, 1.82) is 0 Å². The minimum atomic E-state index is -4.43. The van der Waals surface area contributed by atoms with E-state index < -0.39 is 56.8 Å². The number of imidazole rings is 1. The number of primary amides is 1. The molecular weight excluding hydrogens is 623 g/mol. The zero-order valence-electron chi connectivity index (χ0n) is 26.7. The predicted molar refractivity (Wildman–Crippen MR) is 169 cm³/mol. The smallest absolute Gasteiger partial charge is 0.366 e. The Morgan fingerprint density at radius 3 is 2.43 bits per heavy atom. The molecule has 4 rings (SSSR count). The van der Waals surface area contributed by atoms with E-state index in [4.69, 9.17) is 15.5 Å². The van der Waals surface area contributed by atoms with Gasteiger partial charge in [-0.05, 0) is 61.1 Å². The number of fused-ring (bicyclic) bond motifs is 1. The lowest BCUT2D eigenvalue weighted by Gasteiger charge is -2.34. The van der Waals surface area contributed by atoms with E-state index in [1.54, 1.807) is 43.3 Å². The summed E-state index contributed by atoms with van der Waals surface area (Å²) in [5.74, 6) is -4.37. The van der Waals surface area contributed by atoms with E-state index in [-0.39, 0.29) is 38.3 Å². The van der Waals surface area contributed by atoms with Gasteiger partial charge in [-0.2, -0.15) is 13.2 Å². The van der Waals surface area contributed by atoms with Crippen LogP contribution < -0.4 is 11.1 Å². The van der Waals surface area contributed by atoms with Crippen LogP contribution in [0.2, 0.25) is 25.7 Å². The Labute approximate surface area is 267 Å². The van der Waals surface area contributed by atoms with Gasteiger partial charge in [0.2, 0.25) is 17.7 Å². The first-order chi connectivity index (χ1) is 21.4. The molecule has 2 atom stereocenters. The van der Waals surface area contributed by atoms with Crippen LogP contribution in [0.5, 0.6) is 0 Å². The number of aromatic nitrogens is 2. The summed E-state index contributed by atoms with van der Waals surface area (Å²) in [6, 6.07) is 12.5. The number of amides is 2. The lowest BCUT2D eigenvalue weighted by atomic mass is 9.74. The summed E-state index contributed by atoms with van der Waals surface area (Å²) < 4.78 is 74.7. The van der Waals surface area contributed by atoms with Crippen molar-refractivity contribution in [1.82, 2.24) is 14.9 Å². The fourth-order valence-corrected chi connectivity index (χ4v) is 6.74. The monoisotopic (exact) mass is 666 g/mol. The Morgan fingerprint density at radius 2 is 1.80 bits per heavy atom. The highest BCUT2D eigenvalue weighted by molar-refractivity contribution is 6.76. The second-order valence-electron chi connectivity index (χ2n) is 13.5. The first-order valence-electron chi connectivity index (χ1n) is 15.6. The summed E-state index contributed by atoms with van der Waals surface area (Å²) in [7, 11) is -1.42. The molecule has 2 aromatic carbocycles. The number of carbonyl (C=O) groups is 2. The number of halogens is 5. The number of benzene rings is 2. The van der Waals surface area contributed by atoms with Crippen molar-refractivity contribution in [3.8, 4) is 0 Å². The molecule has 0 bridgehead atoms. The third-order valence-electron chi connectivity index (χ3n) is 8.60. The second kappa shape index (κ2) is 14.2. The molecule has 252 valence electrons. The van der Waals surface area contributed by atoms with Crippen molar-refractivity contribution in [2.24, 2.45) is 11.7 Å². The molecule has 0 unspecified atom stereocenters. The quantitative estimate of drug-likeness (QED) is 0.110. The summed E-state index contributed by atoms with van der Waals surface area (Å²) in [4.78, 5) is 29.8. The first kappa shape index (κ1) is 35.5. The molecule has 0 radical (unpaired) electrons. The Kier molecular flexibility index (Phi) is 11.0. The van der Waals surface area contributed by atoms with Crippen LogP contribution in [0.25, 0.3) is 11.0 Å². The van der Waals surface area contributed by atoms with E-state index in [0.717, 1.165) is 6.04 Å². The molecule has 1 fully saturated rings. The number of hydrogen-bond donors (Lipinski definition) is 2. The molecule has 3 aromatic rings. The normalized spacial score (nSPS) is 17.2. The lowest BCUT2D eigenvalue weighted by Crippen LogP contribution is -2.30. The maximum Gasteiger partial charge on any atom is 0.389 e. The third kappa shape index (κ3) is 9.37. The Hall–Kier alpha value is -3.32. The van der Waals surface area contributed by atoms with E-state index in [0.29, 0.717) is 40.2 Å². The van der Waals surface area contributed by atoms with Crippen molar-refractivity contribution in [3.05, 3.63) is 65.0 Å². The van der Waals surface area contributed by atoms with Gasteiger partial charge in [0.1, 0.15) is 12.6 Å². The van der Waals surface area contributed by atoms with Crippen LogP contribution in [-0.4, -0.2) is 48.1 Å². The summed E-state index contributed by atoms with van der Waals surface area (Å²) >= 11 is 0. The van der Waals surface area contributed by atoms with Gasteiger partial charge in [-0.25, -0.2) is 13.8 Å². The minimum absolute atomic E-state index is 0.101. The highest BCUT2D eigenvalue weighted by Crippen LogP contribution is 2.46. The van der Waals surface area contributed by atoms with Gasteiger partial charge >= 0.3 is 6.18 Å². The molecule has 1 aromatic heterocycles. The van der Waals surface area contributed by atoms with E-state index >= 15 is 0 Å². The van der Waals surface area contributed by atoms with Crippen LogP contribution in [0.1, 0.15) is 84.7 Å². The molecule has 0 saturated heterocycles. The van der Waals surface area contributed by atoms with Crippen LogP contribution in [0, 0.1) is 5.92 Å². The fourth-order valence-electron chi connectivity index (χ4n) is 5.98. The number of nitrogens with two attached hydrogens (primary N) is 1. The SMILES string of the molecule is C[C@@H](NC(=O)CCC(F)(F)F)c1ccc2nc([C@H](c3ccccc3C(N)=O)C3CCC(F)(F)CC3)n(COCC[Si](C)(C)C)c2c1. The number of hydrogen-bond acceptors (Lipinski definition) is 4. The molecule has 13 heteroatoms. The van der Waals surface area contributed by atoms with E-state index in [9.17, 15) is 31.5 Å². The van der Waals surface area contributed by atoms with Gasteiger partial charge < -0.3 is 20.4 Å². The van der Waals surface area contributed by atoms with Gasteiger partial charge in [-0.1, -0.05) is 43.9 Å². The van der Waals surface area contributed by atoms with Crippen molar-refractivity contribution in [2.45, 2.75) is 102 Å². The van der Waals surface area contributed by atoms with Gasteiger partial charge in [0.05, 0.1) is 23.5 Å². The van der Waals surface area contributed by atoms with Crippen molar-refractivity contribution in [2.75, 3.05) is 6.61 Å². The topological polar surface area (TPSA) is 99.2 Å². The molecular formula is C33H43F5N4O3Si. The molecule has 0 spiro atoms. The van der Waals surface area contributed by atoms with Crippen LogP contribution in [-0.2, 0) is 16.3 Å². The molecule has 2 amide bonds. The van der Waals surface area contributed by atoms with Gasteiger partial charge in [0.25, 0.3) is 0 Å². The molecule has 1 heterocycles. The Morgan fingerprint density at radius 1 is 1.13 bits per heavy atom. The lowest BCUT2D eigenvalue weighted by molar-refractivity contribution is -0.144. The minimum Gasteiger partial charge on any atom is -0.366 e. The number of nitrogens with zero attached hydrogens (tertiary/aromatic N) is 2. The number of nitrogens with one attached hydrogen (secondary N) is 1. The average Bonchev–Trinajstić information content (AvgIpc) is 3.31. The largest absolute Gasteiger partial charge is 0.389 e. The van der Waals surface area contributed by atoms with Gasteiger partial charge in [-0.15, -0.1) is 0 Å². The van der Waals surface area contributed by atoms with Gasteiger partial charge in [0.15, 0.2) is 0 Å². The molecule has 0 aliphatic heterocycles. The van der Waals surface area contributed by atoms with Crippen LogP contribution >= 0.6 is 0 Å². The highest BCUT2D eigenvalue weighted by Gasteiger charge is 2.41. The maximum atomic E-state index is 14.3. The average molecular weight is 667 g/mol. The van der Waals surface area contributed by atoms with Crippen molar-refractivity contribution >= 4 is 30.9 Å². The van der Waals surface area contributed by atoms with E-state index in [1.807, 2.05) is 10.6 Å². The summed E-state index contributed by atoms with van der Waals surface area (Å²) in [5.41, 5.74) is 8.57. The maximum absolute atomic E-state index is 14.3. The molecule has 1 aliphatic rings. The van der Waals surface area contributed by atoms with Crippen molar-refractivity contribution in [3.63, 3.8) is 0 Å². The molecule has 1 saturated carbocycles. The van der Waals surface area contributed by atoms with E-state index in [1.165, 1.54) is 0 Å². The summed E-state index contributed by atoms with van der Waals surface area (Å²) in [6.45, 7) is 9.00. The fraction of sp³-hybridized carbons (Fsp3) is 0.545. The first-order valence-corrected chi connectivity index (χ1v) is 19.4. The molecule has 7 nitrogen and oxygen atoms in total. The van der Waals surface area contributed by atoms with Crippen LogP contribution in [0.15, 0.2) is 42.5 Å². The summed E-state index contributed by atoms with van der Waals surface area (Å²) in [5, 5.41) is 2.64. The van der Waals surface area contributed by atoms with Crippen molar-refractivity contribution < 1.29 is 36.3 Å². The number of ether oxygens (including phenoxy) is 1. The zero-order chi connectivity index (χ0) is 33.9. The molecule has 3 N–H and O–H groups in total. The predicted octanol–water partition coefficient (Wildman–Crippen LogP) is 7.92. The number of carbonyl (C=O) groups excluding carboxylic acids is 2. The highest BCUT2D eigenvalue weighted by atomic mass is 28.3.